The van der Waals surface area contributed by atoms with Crippen molar-refractivity contribution in [2.75, 3.05) is 11.9 Å². The van der Waals surface area contributed by atoms with E-state index in [9.17, 15) is 14.4 Å². The van der Waals surface area contributed by atoms with Gasteiger partial charge in [0, 0.05) is 17.8 Å². The second kappa shape index (κ2) is 4.63. The van der Waals surface area contributed by atoms with Gasteiger partial charge >= 0.3 is 5.97 Å². The molecule has 1 aromatic rings. The van der Waals surface area contributed by atoms with Crippen molar-refractivity contribution in [2.45, 2.75) is 25.3 Å². The van der Waals surface area contributed by atoms with Crippen LogP contribution in [-0.2, 0) is 16.0 Å². The van der Waals surface area contributed by atoms with Gasteiger partial charge in [0.25, 0.3) is 5.91 Å². The average Bonchev–Trinajstić information content (AvgIpc) is 3.01. The Morgan fingerprint density at radius 3 is 2.90 bits per heavy atom. The van der Waals surface area contributed by atoms with E-state index in [2.05, 4.69) is 5.32 Å². The maximum Gasteiger partial charge on any atom is 0.326 e. The highest BCUT2D eigenvalue weighted by Crippen LogP contribution is 2.26. The van der Waals surface area contributed by atoms with Crippen LogP contribution in [0.2, 0.25) is 0 Å². The molecule has 0 unspecified atom stereocenters. The van der Waals surface area contributed by atoms with Gasteiger partial charge in [-0.3, -0.25) is 9.59 Å². The maximum atomic E-state index is 12.4. The van der Waals surface area contributed by atoms with Crippen LogP contribution in [0, 0.1) is 0 Å². The molecular formula is C14H14N2O4. The molecule has 1 atom stereocenters. The number of fused-ring (bicyclic) bond motifs is 1. The van der Waals surface area contributed by atoms with Gasteiger partial charge in [0.2, 0.25) is 5.91 Å². The summed E-state index contributed by atoms with van der Waals surface area (Å²) in [7, 11) is 0. The minimum absolute atomic E-state index is 0.0887. The molecule has 0 bridgehead atoms. The van der Waals surface area contributed by atoms with E-state index in [4.69, 9.17) is 5.11 Å². The van der Waals surface area contributed by atoms with Crippen LogP contribution in [0.25, 0.3) is 0 Å². The second-order valence-electron chi connectivity index (χ2n) is 5.09. The van der Waals surface area contributed by atoms with Gasteiger partial charge in [-0.2, -0.15) is 0 Å². The Hall–Kier alpha value is -2.37. The molecule has 2 aliphatic heterocycles. The molecule has 1 aromatic carbocycles. The van der Waals surface area contributed by atoms with Crippen LogP contribution in [0.5, 0.6) is 0 Å². The second-order valence-corrected chi connectivity index (χ2v) is 5.09. The van der Waals surface area contributed by atoms with E-state index in [0.29, 0.717) is 24.9 Å². The molecule has 1 saturated heterocycles. The van der Waals surface area contributed by atoms with E-state index >= 15 is 0 Å². The Bertz CT molecular complexity index is 611. The fraction of sp³-hybridized carbons (Fsp3) is 0.357. The quantitative estimate of drug-likeness (QED) is 0.837. The molecule has 0 aromatic heterocycles. The minimum atomic E-state index is -0.964. The SMILES string of the molecule is O=C1Cc2cc(C(=O)N3CCC[C@H]3C(=O)O)ccc2N1. The lowest BCUT2D eigenvalue weighted by Gasteiger charge is -2.21. The summed E-state index contributed by atoms with van der Waals surface area (Å²) in [5.41, 5.74) is 1.95. The summed E-state index contributed by atoms with van der Waals surface area (Å²) in [6.45, 7) is 0.462. The third kappa shape index (κ3) is 2.03. The fourth-order valence-corrected chi connectivity index (χ4v) is 2.79. The number of likely N-dealkylation sites (tertiary alicyclic amines) is 1. The lowest BCUT2D eigenvalue weighted by molar-refractivity contribution is -0.141. The van der Waals surface area contributed by atoms with Crippen LogP contribution in [0.15, 0.2) is 18.2 Å². The molecule has 6 heteroatoms. The molecule has 0 radical (unpaired) electrons. The highest BCUT2D eigenvalue weighted by Gasteiger charge is 2.34. The normalized spacial score (nSPS) is 20.7. The summed E-state index contributed by atoms with van der Waals surface area (Å²) in [5.74, 6) is -1.33. The third-order valence-electron chi connectivity index (χ3n) is 3.78. The number of hydrogen-bond donors (Lipinski definition) is 2. The molecule has 20 heavy (non-hydrogen) atoms. The molecule has 0 spiro atoms. The number of anilines is 1. The predicted molar refractivity (Wildman–Crippen MR) is 70.5 cm³/mol. The van der Waals surface area contributed by atoms with Crippen molar-refractivity contribution in [3.8, 4) is 0 Å². The first-order valence-corrected chi connectivity index (χ1v) is 6.53. The van der Waals surface area contributed by atoms with Crippen LogP contribution in [0.3, 0.4) is 0 Å². The van der Waals surface area contributed by atoms with Gasteiger partial charge in [-0.25, -0.2) is 4.79 Å². The van der Waals surface area contributed by atoms with Crippen molar-refractivity contribution in [3.05, 3.63) is 29.3 Å². The Morgan fingerprint density at radius 1 is 1.35 bits per heavy atom. The zero-order chi connectivity index (χ0) is 14.3. The Morgan fingerprint density at radius 2 is 2.15 bits per heavy atom. The van der Waals surface area contributed by atoms with E-state index in [1.165, 1.54) is 4.90 Å². The number of carbonyl (C=O) groups excluding carboxylic acids is 2. The van der Waals surface area contributed by atoms with Gasteiger partial charge in [0.05, 0.1) is 6.42 Å². The lowest BCUT2D eigenvalue weighted by atomic mass is 10.1. The molecule has 0 saturated carbocycles. The van der Waals surface area contributed by atoms with Gasteiger partial charge in [0.15, 0.2) is 0 Å². The van der Waals surface area contributed by atoms with Crippen LogP contribution in [-0.4, -0.2) is 40.4 Å². The first kappa shape index (κ1) is 12.7. The minimum Gasteiger partial charge on any atom is -0.480 e. The van der Waals surface area contributed by atoms with E-state index in [1.54, 1.807) is 18.2 Å². The molecule has 0 aliphatic carbocycles. The van der Waals surface area contributed by atoms with Crippen molar-refractivity contribution in [3.63, 3.8) is 0 Å². The first-order valence-electron chi connectivity index (χ1n) is 6.53. The smallest absolute Gasteiger partial charge is 0.326 e. The van der Waals surface area contributed by atoms with Gasteiger partial charge in [-0.15, -0.1) is 0 Å². The molecule has 104 valence electrons. The van der Waals surface area contributed by atoms with E-state index in [1.807, 2.05) is 0 Å². The molecule has 2 heterocycles. The van der Waals surface area contributed by atoms with Crippen LogP contribution in [0.4, 0.5) is 5.69 Å². The molecule has 6 nitrogen and oxygen atoms in total. The number of rotatable bonds is 2. The first-order chi connectivity index (χ1) is 9.56. The van der Waals surface area contributed by atoms with Crippen molar-refractivity contribution in [2.24, 2.45) is 0 Å². The van der Waals surface area contributed by atoms with Gasteiger partial charge in [-0.05, 0) is 36.6 Å². The summed E-state index contributed by atoms with van der Waals surface area (Å²) < 4.78 is 0. The number of nitrogens with zero attached hydrogens (tertiary/aromatic N) is 1. The monoisotopic (exact) mass is 274 g/mol. The van der Waals surface area contributed by atoms with Crippen molar-refractivity contribution < 1.29 is 19.5 Å². The van der Waals surface area contributed by atoms with Crippen LogP contribution >= 0.6 is 0 Å². The predicted octanol–water partition coefficient (Wildman–Crippen LogP) is 0.870. The van der Waals surface area contributed by atoms with Gasteiger partial charge < -0.3 is 15.3 Å². The van der Waals surface area contributed by atoms with Crippen molar-refractivity contribution >= 4 is 23.5 Å². The summed E-state index contributed by atoms with van der Waals surface area (Å²) in [6.07, 6.45) is 1.46. The van der Waals surface area contributed by atoms with Gasteiger partial charge in [-0.1, -0.05) is 0 Å². The van der Waals surface area contributed by atoms with Crippen LogP contribution in [0.1, 0.15) is 28.8 Å². The molecule has 2 N–H and O–H groups in total. The summed E-state index contributed by atoms with van der Waals surface area (Å²) in [5, 5.41) is 11.8. The zero-order valence-electron chi connectivity index (χ0n) is 10.8. The highest BCUT2D eigenvalue weighted by molar-refractivity contribution is 6.02. The standard InChI is InChI=1S/C14H14N2O4/c17-12-7-9-6-8(3-4-10(9)15-12)13(18)16-5-1-2-11(16)14(19)20/h3-4,6,11H,1-2,5,7H2,(H,15,17)(H,19,20)/t11-/m0/s1. The number of benzene rings is 1. The van der Waals surface area contributed by atoms with Crippen molar-refractivity contribution in [1.29, 1.82) is 0 Å². The topological polar surface area (TPSA) is 86.7 Å². The van der Waals surface area contributed by atoms with E-state index < -0.39 is 12.0 Å². The van der Waals surface area contributed by atoms with E-state index in [-0.39, 0.29) is 18.2 Å². The summed E-state index contributed by atoms with van der Waals surface area (Å²) >= 11 is 0. The van der Waals surface area contributed by atoms with Crippen molar-refractivity contribution in [1.82, 2.24) is 4.90 Å². The average molecular weight is 274 g/mol. The lowest BCUT2D eigenvalue weighted by Crippen LogP contribution is -2.40. The summed E-state index contributed by atoms with van der Waals surface area (Å²) in [4.78, 5) is 36.2. The molecule has 2 aliphatic rings. The van der Waals surface area contributed by atoms with Gasteiger partial charge in [0.1, 0.15) is 6.04 Å². The molecule has 2 amide bonds. The number of amides is 2. The number of carboxylic acids is 1. The molecular weight excluding hydrogens is 260 g/mol. The number of carboxylic acid groups (broad SMARTS) is 1. The zero-order valence-corrected chi connectivity index (χ0v) is 10.8. The Balaban J connectivity index is 1.86. The number of carbonyl (C=O) groups is 3. The Labute approximate surface area is 115 Å². The maximum absolute atomic E-state index is 12.4. The highest BCUT2D eigenvalue weighted by atomic mass is 16.4. The Kier molecular flexibility index (Phi) is 2.93. The van der Waals surface area contributed by atoms with E-state index in [0.717, 1.165) is 11.3 Å². The molecule has 1 fully saturated rings. The van der Waals surface area contributed by atoms with Crippen LogP contribution < -0.4 is 5.32 Å². The fourth-order valence-electron chi connectivity index (χ4n) is 2.79. The third-order valence-corrected chi connectivity index (χ3v) is 3.78. The number of nitrogens with one attached hydrogen (secondary N) is 1. The number of aliphatic carboxylic acids is 1. The molecule has 3 rings (SSSR count). The summed E-state index contributed by atoms with van der Waals surface area (Å²) in [6, 6.07) is 4.26. The largest absolute Gasteiger partial charge is 0.480 e. The number of hydrogen-bond acceptors (Lipinski definition) is 3.